The maximum Gasteiger partial charge on any atom is 0.231 e. The van der Waals surface area contributed by atoms with E-state index in [4.69, 9.17) is 9.47 Å². The second-order valence-corrected chi connectivity index (χ2v) is 9.76. The third-order valence-electron chi connectivity index (χ3n) is 6.06. The van der Waals surface area contributed by atoms with E-state index < -0.39 is 6.10 Å². The first-order chi connectivity index (χ1) is 15.2. The summed E-state index contributed by atoms with van der Waals surface area (Å²) in [7, 11) is 0. The molecule has 0 saturated heterocycles. The molecule has 32 heavy (non-hydrogen) atoms. The minimum Gasteiger partial charge on any atom is -0.454 e. The van der Waals surface area contributed by atoms with E-state index >= 15 is 0 Å². The zero-order valence-electron chi connectivity index (χ0n) is 20.0. The Kier molecular flexibility index (Phi) is 7.83. The highest BCUT2D eigenvalue weighted by atomic mass is 16.7. The first-order valence-corrected chi connectivity index (χ1v) is 11.7. The van der Waals surface area contributed by atoms with E-state index in [0.717, 1.165) is 59.6 Å². The van der Waals surface area contributed by atoms with Crippen molar-refractivity contribution >= 4 is 11.6 Å². The number of aliphatic hydroxyl groups is 1. The number of carbonyl (C=O) groups excluding carboxylic acids is 1. The Bertz CT molecular complexity index is 930. The van der Waals surface area contributed by atoms with Crippen molar-refractivity contribution in [2.75, 3.05) is 12.1 Å². The van der Waals surface area contributed by atoms with Crippen molar-refractivity contribution in [1.82, 2.24) is 0 Å². The van der Waals surface area contributed by atoms with Gasteiger partial charge in [-0.2, -0.15) is 0 Å². The Morgan fingerprint density at radius 1 is 1.16 bits per heavy atom. The molecule has 0 aromatic heterocycles. The number of benzene rings is 2. The summed E-state index contributed by atoms with van der Waals surface area (Å²) >= 11 is 0. The van der Waals surface area contributed by atoms with Gasteiger partial charge in [0.2, 0.25) is 12.7 Å². The molecule has 5 heteroatoms. The third-order valence-corrected chi connectivity index (χ3v) is 6.06. The minimum absolute atomic E-state index is 0.0312. The molecule has 2 N–H and O–H groups in total. The van der Waals surface area contributed by atoms with Crippen molar-refractivity contribution in [3.63, 3.8) is 0 Å². The van der Waals surface area contributed by atoms with E-state index in [2.05, 4.69) is 33.0 Å². The number of para-hydroxylation sites is 1. The van der Waals surface area contributed by atoms with Crippen LogP contribution in [0.2, 0.25) is 0 Å². The van der Waals surface area contributed by atoms with Crippen LogP contribution < -0.4 is 14.8 Å². The summed E-state index contributed by atoms with van der Waals surface area (Å²) in [6, 6.07) is 11.8. The number of carbonyl (C=O) groups is 1. The van der Waals surface area contributed by atoms with Crippen LogP contribution in [0.1, 0.15) is 95.4 Å². The van der Waals surface area contributed by atoms with Gasteiger partial charge in [-0.1, -0.05) is 71.2 Å². The monoisotopic (exact) mass is 439 g/mol. The molecular weight excluding hydrogens is 402 g/mol. The van der Waals surface area contributed by atoms with E-state index in [1.807, 2.05) is 36.4 Å². The Hall–Kier alpha value is -2.53. The van der Waals surface area contributed by atoms with Crippen molar-refractivity contribution in [3.05, 3.63) is 53.1 Å². The molecule has 1 amide bonds. The van der Waals surface area contributed by atoms with Crippen LogP contribution in [0.3, 0.4) is 0 Å². The number of anilines is 1. The van der Waals surface area contributed by atoms with Crippen molar-refractivity contribution in [2.45, 2.75) is 84.2 Å². The zero-order chi connectivity index (χ0) is 23.3. The molecule has 2 aromatic carbocycles. The second kappa shape index (κ2) is 10.4. The molecule has 0 bridgehead atoms. The molecule has 2 atom stereocenters. The van der Waals surface area contributed by atoms with Gasteiger partial charge in [-0.3, -0.25) is 4.79 Å². The fourth-order valence-corrected chi connectivity index (χ4v) is 4.29. The number of ether oxygens (including phenoxy) is 2. The maximum atomic E-state index is 13.2. The molecule has 5 nitrogen and oxygen atoms in total. The molecule has 0 spiro atoms. The average Bonchev–Trinajstić information content (AvgIpc) is 3.21. The van der Waals surface area contributed by atoms with Gasteiger partial charge in [-0.15, -0.1) is 0 Å². The lowest BCUT2D eigenvalue weighted by Gasteiger charge is -2.25. The van der Waals surface area contributed by atoms with Gasteiger partial charge in [-0.05, 0) is 47.9 Å². The van der Waals surface area contributed by atoms with Gasteiger partial charge in [-0.25, -0.2) is 0 Å². The van der Waals surface area contributed by atoms with Crippen LogP contribution in [0.5, 0.6) is 11.5 Å². The molecular formula is C27H37NO4. The summed E-state index contributed by atoms with van der Waals surface area (Å²) in [5.74, 6) is 1.55. The van der Waals surface area contributed by atoms with E-state index in [0.29, 0.717) is 6.42 Å². The Labute approximate surface area is 192 Å². The molecule has 0 saturated carbocycles. The lowest BCUT2D eigenvalue weighted by atomic mass is 9.84. The average molecular weight is 440 g/mol. The van der Waals surface area contributed by atoms with Gasteiger partial charge in [0, 0.05) is 17.7 Å². The molecule has 2 unspecified atom stereocenters. The number of rotatable bonds is 9. The van der Waals surface area contributed by atoms with Crippen molar-refractivity contribution in [2.24, 2.45) is 0 Å². The molecule has 0 fully saturated rings. The molecule has 1 aliphatic rings. The van der Waals surface area contributed by atoms with Crippen molar-refractivity contribution < 1.29 is 19.4 Å². The Morgan fingerprint density at radius 3 is 2.62 bits per heavy atom. The van der Waals surface area contributed by atoms with E-state index in [1.165, 1.54) is 0 Å². The summed E-state index contributed by atoms with van der Waals surface area (Å²) in [5, 5.41) is 13.2. The van der Waals surface area contributed by atoms with Crippen LogP contribution >= 0.6 is 0 Å². The molecule has 3 rings (SSSR count). The molecule has 1 heterocycles. The van der Waals surface area contributed by atoms with Crippen LogP contribution in [0, 0.1) is 0 Å². The first-order valence-electron chi connectivity index (χ1n) is 11.7. The largest absolute Gasteiger partial charge is 0.454 e. The summed E-state index contributed by atoms with van der Waals surface area (Å²) < 4.78 is 11.3. The number of aliphatic hydroxyl groups excluding tert-OH is 1. The summed E-state index contributed by atoms with van der Waals surface area (Å²) in [6.07, 6.45) is 4.02. The van der Waals surface area contributed by atoms with E-state index in [9.17, 15) is 9.90 Å². The fraction of sp³-hybridized carbons (Fsp3) is 0.519. The number of fused-ring (bicyclic) bond motifs is 1. The van der Waals surface area contributed by atoms with Crippen LogP contribution in [0.4, 0.5) is 5.69 Å². The number of amides is 1. The second-order valence-electron chi connectivity index (χ2n) is 9.76. The highest BCUT2D eigenvalue weighted by molar-refractivity contribution is 5.92. The predicted molar refractivity (Wildman–Crippen MR) is 128 cm³/mol. The van der Waals surface area contributed by atoms with Crippen LogP contribution in [0.25, 0.3) is 0 Å². The van der Waals surface area contributed by atoms with Crippen LogP contribution in [-0.2, 0) is 10.2 Å². The van der Waals surface area contributed by atoms with E-state index in [1.54, 1.807) is 6.92 Å². The zero-order valence-corrected chi connectivity index (χ0v) is 20.0. The molecule has 1 aliphatic heterocycles. The quantitative estimate of drug-likeness (QED) is 0.440. The van der Waals surface area contributed by atoms with Gasteiger partial charge in [0.05, 0.1) is 6.10 Å². The normalized spacial score (nSPS) is 14.8. The predicted octanol–water partition coefficient (Wildman–Crippen LogP) is 6.46. The number of nitrogens with one attached hydrogen (secondary N) is 1. The maximum absolute atomic E-state index is 13.2. The molecule has 2 aromatic rings. The smallest absolute Gasteiger partial charge is 0.231 e. The van der Waals surface area contributed by atoms with Gasteiger partial charge >= 0.3 is 0 Å². The molecule has 0 radical (unpaired) electrons. The summed E-state index contributed by atoms with van der Waals surface area (Å²) in [4.78, 5) is 13.2. The van der Waals surface area contributed by atoms with Crippen molar-refractivity contribution in [1.29, 1.82) is 0 Å². The number of hydrogen-bond donors (Lipinski definition) is 2. The highest BCUT2D eigenvalue weighted by Gasteiger charge is 2.26. The summed E-state index contributed by atoms with van der Waals surface area (Å²) in [5.41, 5.74) is 3.52. The lowest BCUT2D eigenvalue weighted by Crippen LogP contribution is -2.21. The molecule has 0 aliphatic carbocycles. The van der Waals surface area contributed by atoms with Gasteiger partial charge in [0.15, 0.2) is 11.5 Å². The number of hydrogen-bond acceptors (Lipinski definition) is 4. The highest BCUT2D eigenvalue weighted by Crippen LogP contribution is 2.42. The molecule has 174 valence electrons. The first kappa shape index (κ1) is 24.1. The van der Waals surface area contributed by atoms with Crippen molar-refractivity contribution in [3.8, 4) is 11.5 Å². The lowest BCUT2D eigenvalue weighted by molar-refractivity contribution is -0.116. The third kappa shape index (κ3) is 5.83. The topological polar surface area (TPSA) is 67.8 Å². The van der Waals surface area contributed by atoms with Gasteiger partial charge in [0.25, 0.3) is 0 Å². The Balaban J connectivity index is 1.84. The Morgan fingerprint density at radius 2 is 1.94 bits per heavy atom. The van der Waals surface area contributed by atoms with Gasteiger partial charge < -0.3 is 19.9 Å². The minimum atomic E-state index is -0.592. The van der Waals surface area contributed by atoms with Gasteiger partial charge in [0.1, 0.15) is 0 Å². The van der Waals surface area contributed by atoms with Crippen LogP contribution in [0.15, 0.2) is 36.4 Å². The summed E-state index contributed by atoms with van der Waals surface area (Å²) in [6.45, 7) is 10.5. The SMILES string of the molecule is CCCCCC(CC(=O)Nc1cc(C(C)O)ccc1C(C)(C)C)c1cccc2c1OCO2. The van der Waals surface area contributed by atoms with Crippen LogP contribution in [-0.4, -0.2) is 17.8 Å². The number of unbranched alkanes of at least 4 members (excludes halogenated alkanes) is 2. The fourth-order valence-electron chi connectivity index (χ4n) is 4.29. The standard InChI is InChI=1S/C27H37NO4/c1-6-7-8-10-20(21-11-9-12-24-26(21)32-17-31-24)16-25(30)28-23-15-19(18(2)29)13-14-22(23)27(3,4)5/h9,11-15,18,20,29H,6-8,10,16-17H2,1-5H3,(H,28,30). The van der Waals surface area contributed by atoms with E-state index in [-0.39, 0.29) is 24.0 Å².